The number of hydrogen-bond acceptors (Lipinski definition) is 5. The molecule has 0 heterocycles. The zero-order valence-corrected chi connectivity index (χ0v) is 14.4. The lowest BCUT2D eigenvalue weighted by atomic mass is 9.98. The van der Waals surface area contributed by atoms with Crippen molar-refractivity contribution in [3.8, 4) is 5.75 Å². The largest absolute Gasteiger partial charge is 0.497 e. The van der Waals surface area contributed by atoms with Gasteiger partial charge in [0, 0.05) is 19.5 Å². The summed E-state index contributed by atoms with van der Waals surface area (Å²) >= 11 is 0. The van der Waals surface area contributed by atoms with Crippen molar-refractivity contribution >= 4 is 6.09 Å². The van der Waals surface area contributed by atoms with E-state index < -0.39 is 23.9 Å². The van der Waals surface area contributed by atoms with Crippen molar-refractivity contribution in [2.24, 2.45) is 5.92 Å². The van der Waals surface area contributed by atoms with Crippen LogP contribution in [0.15, 0.2) is 24.3 Å². The maximum Gasteiger partial charge on any atom is 0.410 e. The number of carbonyl (C=O) groups is 1. The first-order chi connectivity index (χ1) is 10.6. The van der Waals surface area contributed by atoms with Crippen LogP contribution >= 0.6 is 0 Å². The summed E-state index contributed by atoms with van der Waals surface area (Å²) in [4.78, 5) is 13.3. The molecule has 0 aliphatic heterocycles. The molecule has 0 spiro atoms. The normalized spacial score (nSPS) is 12.9. The van der Waals surface area contributed by atoms with Gasteiger partial charge in [-0.05, 0) is 44.9 Å². The Morgan fingerprint density at radius 1 is 1.22 bits per heavy atom. The molecule has 0 aromatic heterocycles. The number of amides is 1. The van der Waals surface area contributed by atoms with Crippen LogP contribution in [0.3, 0.4) is 0 Å². The zero-order valence-electron chi connectivity index (χ0n) is 14.4. The lowest BCUT2D eigenvalue weighted by Gasteiger charge is -2.28. The number of hydrogen-bond donors (Lipinski definition) is 2. The molecule has 0 saturated carbocycles. The summed E-state index contributed by atoms with van der Waals surface area (Å²) in [5, 5.41) is 19.2. The van der Waals surface area contributed by atoms with Gasteiger partial charge in [-0.3, -0.25) is 0 Å². The lowest BCUT2D eigenvalue weighted by molar-refractivity contribution is -0.0894. The van der Waals surface area contributed by atoms with Crippen LogP contribution in [-0.4, -0.2) is 53.8 Å². The average molecular weight is 325 g/mol. The highest BCUT2D eigenvalue weighted by Crippen LogP contribution is 2.18. The summed E-state index contributed by atoms with van der Waals surface area (Å²) in [6.45, 7) is 5.54. The predicted octanol–water partition coefficient (Wildman–Crippen LogP) is 2.03. The smallest absolute Gasteiger partial charge is 0.410 e. The van der Waals surface area contributed by atoms with E-state index in [-0.39, 0.29) is 6.54 Å². The van der Waals surface area contributed by atoms with Crippen LogP contribution < -0.4 is 4.74 Å². The SMILES string of the molecule is COc1ccc(CC(CN(C)C(=O)OC(C)(C)C)C(O)O)cc1. The molecule has 6 nitrogen and oxygen atoms in total. The van der Waals surface area contributed by atoms with Crippen LogP contribution in [-0.2, 0) is 11.2 Å². The van der Waals surface area contributed by atoms with Crippen LogP contribution in [0, 0.1) is 5.92 Å². The van der Waals surface area contributed by atoms with Crippen molar-refractivity contribution in [2.45, 2.75) is 39.1 Å². The third-order valence-electron chi connectivity index (χ3n) is 3.29. The topological polar surface area (TPSA) is 79.2 Å². The van der Waals surface area contributed by atoms with Crippen molar-refractivity contribution in [3.05, 3.63) is 29.8 Å². The van der Waals surface area contributed by atoms with Gasteiger partial charge in [0.05, 0.1) is 7.11 Å². The van der Waals surface area contributed by atoms with Gasteiger partial charge in [-0.25, -0.2) is 4.79 Å². The highest BCUT2D eigenvalue weighted by molar-refractivity contribution is 5.67. The van der Waals surface area contributed by atoms with Gasteiger partial charge in [0.25, 0.3) is 0 Å². The van der Waals surface area contributed by atoms with Gasteiger partial charge in [-0.15, -0.1) is 0 Å². The van der Waals surface area contributed by atoms with E-state index in [0.717, 1.165) is 11.3 Å². The Kier molecular flexibility index (Phi) is 6.84. The van der Waals surface area contributed by atoms with Crippen molar-refractivity contribution in [1.29, 1.82) is 0 Å². The highest BCUT2D eigenvalue weighted by atomic mass is 16.6. The zero-order chi connectivity index (χ0) is 17.6. The van der Waals surface area contributed by atoms with E-state index in [2.05, 4.69) is 0 Å². The molecule has 1 aromatic rings. The molecule has 0 fully saturated rings. The van der Waals surface area contributed by atoms with Gasteiger partial charge >= 0.3 is 6.09 Å². The molecule has 2 N–H and O–H groups in total. The summed E-state index contributed by atoms with van der Waals surface area (Å²) < 4.78 is 10.4. The summed E-state index contributed by atoms with van der Waals surface area (Å²) in [5.41, 5.74) is 0.343. The molecule has 130 valence electrons. The van der Waals surface area contributed by atoms with Gasteiger partial charge in [0.1, 0.15) is 11.4 Å². The molecular formula is C17H27NO5. The number of nitrogens with zero attached hydrogens (tertiary/aromatic N) is 1. The molecule has 0 radical (unpaired) electrons. The fourth-order valence-electron chi connectivity index (χ4n) is 2.09. The molecule has 1 aromatic carbocycles. The first-order valence-electron chi connectivity index (χ1n) is 7.55. The fraction of sp³-hybridized carbons (Fsp3) is 0.588. The third-order valence-corrected chi connectivity index (χ3v) is 3.29. The third kappa shape index (κ3) is 6.88. The van der Waals surface area contributed by atoms with Crippen LogP contribution in [0.5, 0.6) is 5.75 Å². The van der Waals surface area contributed by atoms with Gasteiger partial charge < -0.3 is 24.6 Å². The Bertz CT molecular complexity index is 493. The lowest BCUT2D eigenvalue weighted by Crippen LogP contribution is -2.40. The summed E-state index contributed by atoms with van der Waals surface area (Å²) in [7, 11) is 3.17. The van der Waals surface area contributed by atoms with Crippen molar-refractivity contribution in [2.75, 3.05) is 20.7 Å². The maximum atomic E-state index is 12.0. The number of rotatable bonds is 6. The standard InChI is InChI=1S/C17H27NO5/c1-17(2,3)23-16(21)18(4)11-13(15(19)20)10-12-6-8-14(22-5)9-7-12/h6-9,13,15,19-20H,10-11H2,1-5H3. The molecule has 23 heavy (non-hydrogen) atoms. The minimum Gasteiger partial charge on any atom is -0.497 e. The predicted molar refractivity (Wildman–Crippen MR) is 87.3 cm³/mol. The summed E-state index contributed by atoms with van der Waals surface area (Å²) in [6.07, 6.45) is -1.59. The van der Waals surface area contributed by atoms with E-state index in [0.29, 0.717) is 6.42 Å². The number of methoxy groups -OCH3 is 1. The van der Waals surface area contributed by atoms with E-state index in [9.17, 15) is 15.0 Å². The molecular weight excluding hydrogens is 298 g/mol. The number of carbonyl (C=O) groups excluding carboxylic acids is 1. The molecule has 1 unspecified atom stereocenters. The maximum absolute atomic E-state index is 12.0. The Morgan fingerprint density at radius 3 is 2.22 bits per heavy atom. The molecule has 1 atom stereocenters. The molecule has 0 bridgehead atoms. The summed E-state index contributed by atoms with van der Waals surface area (Å²) in [5.74, 6) is 0.224. The Hall–Kier alpha value is -1.79. The molecule has 6 heteroatoms. The summed E-state index contributed by atoms with van der Waals surface area (Å²) in [6, 6.07) is 7.35. The van der Waals surface area contributed by atoms with Gasteiger partial charge in [-0.1, -0.05) is 12.1 Å². The molecule has 0 aliphatic carbocycles. The van der Waals surface area contributed by atoms with Crippen LogP contribution in [0.1, 0.15) is 26.3 Å². The molecule has 0 saturated heterocycles. The second-order valence-corrected chi connectivity index (χ2v) is 6.59. The monoisotopic (exact) mass is 325 g/mol. The highest BCUT2D eigenvalue weighted by Gasteiger charge is 2.25. The Labute approximate surface area is 137 Å². The van der Waals surface area contributed by atoms with E-state index in [1.54, 1.807) is 34.9 Å². The van der Waals surface area contributed by atoms with Crippen LogP contribution in [0.2, 0.25) is 0 Å². The first kappa shape index (κ1) is 19.3. The minimum atomic E-state index is -1.53. The quantitative estimate of drug-likeness (QED) is 0.783. The van der Waals surface area contributed by atoms with Crippen molar-refractivity contribution in [3.63, 3.8) is 0 Å². The molecule has 0 aliphatic rings. The fourth-order valence-corrected chi connectivity index (χ4v) is 2.09. The van der Waals surface area contributed by atoms with E-state index in [1.807, 2.05) is 24.3 Å². The van der Waals surface area contributed by atoms with Crippen molar-refractivity contribution in [1.82, 2.24) is 4.90 Å². The molecule has 1 amide bonds. The van der Waals surface area contributed by atoms with Gasteiger partial charge in [0.2, 0.25) is 0 Å². The molecule has 1 rings (SSSR count). The average Bonchev–Trinajstić information content (AvgIpc) is 2.45. The number of aliphatic hydroxyl groups excluding tert-OH is 1. The van der Waals surface area contributed by atoms with Crippen molar-refractivity contribution < 1.29 is 24.5 Å². The van der Waals surface area contributed by atoms with E-state index in [4.69, 9.17) is 9.47 Å². The first-order valence-corrected chi connectivity index (χ1v) is 7.55. The van der Waals surface area contributed by atoms with E-state index >= 15 is 0 Å². The number of ether oxygens (including phenoxy) is 2. The van der Waals surface area contributed by atoms with Gasteiger partial charge in [0.15, 0.2) is 6.29 Å². The Balaban J connectivity index is 2.69. The Morgan fingerprint density at radius 2 is 1.78 bits per heavy atom. The van der Waals surface area contributed by atoms with Gasteiger partial charge in [-0.2, -0.15) is 0 Å². The second kappa shape index (κ2) is 8.17. The van der Waals surface area contributed by atoms with Crippen LogP contribution in [0.4, 0.5) is 4.79 Å². The number of aliphatic hydroxyl groups is 2. The van der Waals surface area contributed by atoms with Crippen LogP contribution in [0.25, 0.3) is 0 Å². The number of benzene rings is 1. The second-order valence-electron chi connectivity index (χ2n) is 6.59. The van der Waals surface area contributed by atoms with E-state index in [1.165, 1.54) is 4.90 Å². The minimum absolute atomic E-state index is 0.179.